The molecular weight excluding hydrogens is 804 g/mol. The number of nitrogen functional groups attached to an aromatic ring is 1. The second-order valence-corrected chi connectivity index (χ2v) is 19.4. The van der Waals surface area contributed by atoms with Crippen molar-refractivity contribution in [2.45, 2.75) is 63.4 Å². The Labute approximate surface area is 369 Å². The van der Waals surface area contributed by atoms with E-state index in [4.69, 9.17) is 22.1 Å². The van der Waals surface area contributed by atoms with Gasteiger partial charge in [-0.1, -0.05) is 43.2 Å². The lowest BCUT2D eigenvalue weighted by Crippen LogP contribution is -2.59. The Morgan fingerprint density at radius 3 is 2.56 bits per heavy atom. The second-order valence-electron chi connectivity index (χ2n) is 18.1. The molecule has 1 aliphatic carbocycles. The summed E-state index contributed by atoms with van der Waals surface area (Å²) in [6, 6.07) is 22.5. The van der Waals surface area contributed by atoms with E-state index in [2.05, 4.69) is 78.9 Å². The van der Waals surface area contributed by atoms with Gasteiger partial charge in [0.15, 0.2) is 0 Å². The summed E-state index contributed by atoms with van der Waals surface area (Å²) >= 11 is 7.49. The summed E-state index contributed by atoms with van der Waals surface area (Å²) in [5.74, 6) is 0.431. The number of nitrogens with two attached hydrogens (primary N) is 1. The van der Waals surface area contributed by atoms with E-state index in [9.17, 15) is 9.90 Å². The number of pyridine rings is 1. The molecule has 11 nitrogen and oxygen atoms in total. The molecule has 8 rings (SSSR count). The van der Waals surface area contributed by atoms with Gasteiger partial charge in [0.1, 0.15) is 17.1 Å². The van der Waals surface area contributed by atoms with Gasteiger partial charge >= 0.3 is 0 Å². The van der Waals surface area contributed by atoms with Gasteiger partial charge in [0.05, 0.1) is 18.4 Å². The molecule has 0 spiro atoms. The van der Waals surface area contributed by atoms with E-state index in [-0.39, 0.29) is 11.3 Å². The van der Waals surface area contributed by atoms with Crippen molar-refractivity contribution in [3.8, 4) is 5.75 Å². The van der Waals surface area contributed by atoms with Crippen LogP contribution in [-0.2, 0) is 6.42 Å². The van der Waals surface area contributed by atoms with E-state index in [1.54, 1.807) is 12.7 Å². The molecule has 3 aliphatic rings. The Morgan fingerprint density at radius 2 is 1.80 bits per heavy atom. The summed E-state index contributed by atoms with van der Waals surface area (Å²) in [7, 11) is 1.62. The van der Waals surface area contributed by atoms with Crippen molar-refractivity contribution in [2.24, 2.45) is 5.41 Å². The van der Waals surface area contributed by atoms with Crippen molar-refractivity contribution in [1.82, 2.24) is 24.5 Å². The number of aliphatic hydroxyl groups is 1. The van der Waals surface area contributed by atoms with Crippen LogP contribution in [0.2, 0.25) is 5.02 Å². The third kappa shape index (κ3) is 10.5. The van der Waals surface area contributed by atoms with Gasteiger partial charge in [-0.3, -0.25) is 19.3 Å². The Kier molecular flexibility index (Phi) is 12.9. The van der Waals surface area contributed by atoms with Gasteiger partial charge in [0.2, 0.25) is 0 Å². The fourth-order valence-corrected chi connectivity index (χ4v) is 9.91. The molecular formula is C48H59ClN8O3S. The largest absolute Gasteiger partial charge is 0.494 e. The minimum atomic E-state index is -0.573. The molecule has 0 saturated carbocycles. The fourth-order valence-electron chi connectivity index (χ4n) is 9.12. The SMILES string of the molecule is COc1cc(SNC(=O)c2ccc(N3CCN(CC4=C(c5ccc(Cl)cc5)CC(C)(C)CC4)CC3)cc2Cc2cnc3[nH]ccc3c2)cc(N)c1NCCCN1CC(C)(O)C1. The summed E-state index contributed by atoms with van der Waals surface area (Å²) in [6.45, 7) is 14.4. The van der Waals surface area contributed by atoms with Crippen LogP contribution in [0.25, 0.3) is 16.6 Å². The zero-order chi connectivity index (χ0) is 42.7. The number of H-pyrrole nitrogens is 1. The van der Waals surface area contributed by atoms with E-state index < -0.39 is 5.60 Å². The predicted octanol–water partition coefficient (Wildman–Crippen LogP) is 8.49. The molecule has 61 heavy (non-hydrogen) atoms. The lowest BCUT2D eigenvalue weighted by Gasteiger charge is -2.44. The highest BCUT2D eigenvalue weighted by atomic mass is 35.5. The van der Waals surface area contributed by atoms with Crippen LogP contribution in [0.4, 0.5) is 17.1 Å². The van der Waals surface area contributed by atoms with Crippen molar-refractivity contribution >= 4 is 63.1 Å². The third-order valence-electron chi connectivity index (χ3n) is 12.4. The van der Waals surface area contributed by atoms with Crippen LogP contribution in [-0.4, -0.2) is 102 Å². The van der Waals surface area contributed by atoms with E-state index in [1.165, 1.54) is 29.5 Å². The van der Waals surface area contributed by atoms with Crippen LogP contribution in [0, 0.1) is 5.41 Å². The summed E-state index contributed by atoms with van der Waals surface area (Å²) in [4.78, 5) is 29.9. The number of β-amino-alcohol motifs (C(OH)–C–C–N with tert-alkyl or cyclic N) is 1. The van der Waals surface area contributed by atoms with Gasteiger partial charge in [-0.2, -0.15) is 0 Å². The maximum absolute atomic E-state index is 14.0. The van der Waals surface area contributed by atoms with Crippen LogP contribution in [0.3, 0.4) is 0 Å². The molecule has 2 aromatic heterocycles. The first-order valence-corrected chi connectivity index (χ1v) is 22.6. The van der Waals surface area contributed by atoms with Crippen molar-refractivity contribution in [3.63, 3.8) is 0 Å². The lowest BCUT2D eigenvalue weighted by atomic mass is 9.72. The first-order valence-electron chi connectivity index (χ1n) is 21.4. The average molecular weight is 864 g/mol. The third-order valence-corrected chi connectivity index (χ3v) is 13.4. The number of fused-ring (bicyclic) bond motifs is 1. The maximum atomic E-state index is 14.0. The standard InChI is InChI=1S/C48H59ClN8O3S/c1-47(2)14-12-35(41(27-47)33-6-8-37(49)9-7-33)29-55-18-20-57(21-19-55)38-10-11-40(36(24-38)23-32-22-34-13-16-52-45(34)53-28-32)46(58)54-61-39-25-42(50)44(43(26-39)60-4)51-15-5-17-56-30-48(3,59)31-56/h6-11,13,16,22,24-26,28,51,59H,5,12,14-15,17-21,23,27,29-31,50H2,1-4H3,(H,52,53)(H,54,58). The van der Waals surface area contributed by atoms with Gasteiger partial charge in [0.25, 0.3) is 5.91 Å². The van der Waals surface area contributed by atoms with Gasteiger partial charge in [-0.05, 0) is 133 Å². The Hall–Kier alpha value is -4.72. The number of amides is 1. The smallest absolute Gasteiger partial charge is 0.261 e. The molecule has 2 fully saturated rings. The quantitative estimate of drug-likeness (QED) is 0.0397. The van der Waals surface area contributed by atoms with Gasteiger partial charge in [-0.15, -0.1) is 0 Å². The van der Waals surface area contributed by atoms with Gasteiger partial charge in [-0.25, -0.2) is 4.98 Å². The number of halogens is 1. The van der Waals surface area contributed by atoms with Crippen molar-refractivity contribution in [1.29, 1.82) is 0 Å². The summed E-state index contributed by atoms with van der Waals surface area (Å²) in [5.41, 5.74) is 16.4. The highest BCUT2D eigenvalue weighted by Gasteiger charge is 2.35. The molecule has 0 bridgehead atoms. The van der Waals surface area contributed by atoms with Crippen LogP contribution >= 0.6 is 23.5 Å². The number of carbonyl (C=O) groups excluding carboxylic acids is 1. The number of rotatable bonds is 15. The van der Waals surface area contributed by atoms with Gasteiger partial charge in [0, 0.05) is 97.9 Å². The number of benzene rings is 3. The minimum absolute atomic E-state index is 0.183. The fraction of sp³-hybridized carbons (Fsp3) is 0.417. The summed E-state index contributed by atoms with van der Waals surface area (Å²) in [5, 5.41) is 15.3. The summed E-state index contributed by atoms with van der Waals surface area (Å²) < 4.78 is 8.81. The average Bonchev–Trinajstić information content (AvgIpc) is 3.70. The molecule has 3 aromatic carbocycles. The number of carbonyl (C=O) groups is 1. The molecule has 4 heterocycles. The molecule has 13 heteroatoms. The predicted molar refractivity (Wildman–Crippen MR) is 251 cm³/mol. The number of nitrogens with zero attached hydrogens (tertiary/aromatic N) is 4. The molecule has 1 amide bonds. The number of piperazine rings is 1. The van der Waals surface area contributed by atoms with Crippen LogP contribution in [0.5, 0.6) is 5.75 Å². The van der Waals surface area contributed by atoms with Crippen molar-refractivity contribution in [2.75, 3.05) is 82.0 Å². The van der Waals surface area contributed by atoms with Crippen molar-refractivity contribution in [3.05, 3.63) is 112 Å². The van der Waals surface area contributed by atoms with Gasteiger partial charge < -0.3 is 30.8 Å². The molecule has 322 valence electrons. The molecule has 2 aliphatic heterocycles. The molecule has 0 unspecified atom stereocenters. The van der Waals surface area contributed by atoms with Crippen LogP contribution in [0.15, 0.2) is 89.6 Å². The lowest BCUT2D eigenvalue weighted by molar-refractivity contribution is -0.0828. The number of hydrogen-bond donors (Lipinski definition) is 5. The number of allylic oxidation sites excluding steroid dienone is 1. The second kappa shape index (κ2) is 18.3. The highest BCUT2D eigenvalue weighted by Crippen LogP contribution is 2.43. The number of anilines is 3. The zero-order valence-electron chi connectivity index (χ0n) is 35.8. The Morgan fingerprint density at radius 1 is 1.02 bits per heavy atom. The van der Waals surface area contributed by atoms with Crippen LogP contribution < -0.4 is 25.4 Å². The Balaban J connectivity index is 0.944. The summed E-state index contributed by atoms with van der Waals surface area (Å²) in [6.07, 6.45) is 8.65. The van der Waals surface area contributed by atoms with Crippen LogP contribution in [0.1, 0.15) is 73.5 Å². The molecule has 2 saturated heterocycles. The normalized spacial score (nSPS) is 18.0. The number of ether oxygens (including phenoxy) is 1. The number of methoxy groups -OCH3 is 1. The molecule has 0 atom stereocenters. The molecule has 0 radical (unpaired) electrons. The van der Waals surface area contributed by atoms with E-state index in [0.29, 0.717) is 43.1 Å². The minimum Gasteiger partial charge on any atom is -0.494 e. The molecule has 5 aromatic rings. The number of aromatic amines is 1. The number of nitrogens with one attached hydrogen (secondary N) is 3. The molecule has 6 N–H and O–H groups in total. The first kappa shape index (κ1) is 42.9. The maximum Gasteiger partial charge on any atom is 0.261 e. The highest BCUT2D eigenvalue weighted by molar-refractivity contribution is 7.98. The van der Waals surface area contributed by atoms with Crippen molar-refractivity contribution < 1.29 is 14.6 Å². The number of hydrogen-bond acceptors (Lipinski definition) is 10. The number of likely N-dealkylation sites (tertiary alicyclic amines) is 1. The monoisotopic (exact) mass is 862 g/mol. The van der Waals surface area contributed by atoms with E-state index >= 15 is 0 Å². The van der Waals surface area contributed by atoms with E-state index in [1.807, 2.05) is 55.7 Å². The van der Waals surface area contributed by atoms with E-state index in [0.717, 1.165) is 102 Å². The topological polar surface area (TPSA) is 135 Å². The Bertz CT molecular complexity index is 2380. The number of aromatic nitrogens is 2. The zero-order valence-corrected chi connectivity index (χ0v) is 37.4. The first-order chi connectivity index (χ1) is 29.3.